The topological polar surface area (TPSA) is 73.2 Å². The van der Waals surface area contributed by atoms with Gasteiger partial charge in [0.25, 0.3) is 11.8 Å². The lowest BCUT2D eigenvalue weighted by atomic mass is 10.1. The van der Waals surface area contributed by atoms with E-state index in [2.05, 4.69) is 5.32 Å². The number of benzene rings is 2. The molecule has 0 fully saturated rings. The molecule has 0 aliphatic rings. The third kappa shape index (κ3) is 5.20. The van der Waals surface area contributed by atoms with Gasteiger partial charge in [-0.05, 0) is 48.0 Å². The van der Waals surface area contributed by atoms with E-state index < -0.39 is 17.6 Å². The maximum absolute atomic E-state index is 12.6. The third-order valence-electron chi connectivity index (χ3n) is 3.71. The minimum atomic E-state index is -4.46. The number of hydrogen-bond acceptors (Lipinski definition) is 3. The molecule has 8 heteroatoms. The van der Waals surface area contributed by atoms with Gasteiger partial charge < -0.3 is 10.2 Å². The fraction of sp³-hybridized carbons (Fsp3) is 0.150. The van der Waals surface area contributed by atoms with Crippen LogP contribution in [-0.4, -0.2) is 30.8 Å². The van der Waals surface area contributed by atoms with E-state index in [0.717, 1.165) is 12.1 Å². The van der Waals surface area contributed by atoms with Gasteiger partial charge in [0.15, 0.2) is 0 Å². The Hall–Kier alpha value is -3.60. The second-order valence-electron chi connectivity index (χ2n) is 6.02. The molecule has 2 aromatic rings. The summed E-state index contributed by atoms with van der Waals surface area (Å²) in [4.78, 5) is 25.5. The third-order valence-corrected chi connectivity index (χ3v) is 3.71. The number of anilines is 1. The number of nitrogens with zero attached hydrogens (tertiary/aromatic N) is 2. The Morgan fingerprint density at radius 1 is 1.04 bits per heavy atom. The van der Waals surface area contributed by atoms with Gasteiger partial charge in [-0.1, -0.05) is 12.1 Å². The quantitative estimate of drug-likeness (QED) is 0.638. The van der Waals surface area contributed by atoms with E-state index in [9.17, 15) is 28.0 Å². The van der Waals surface area contributed by atoms with Crippen molar-refractivity contribution in [3.63, 3.8) is 0 Å². The smallest absolute Gasteiger partial charge is 0.345 e. The van der Waals surface area contributed by atoms with E-state index in [1.165, 1.54) is 47.4 Å². The Bertz CT molecular complexity index is 939. The lowest BCUT2D eigenvalue weighted by Crippen LogP contribution is -2.21. The number of rotatable bonds is 4. The highest BCUT2D eigenvalue weighted by atomic mass is 19.4. The van der Waals surface area contributed by atoms with Gasteiger partial charge in [0.2, 0.25) is 0 Å². The van der Waals surface area contributed by atoms with Crippen LogP contribution in [0.1, 0.15) is 21.5 Å². The fourth-order valence-electron chi connectivity index (χ4n) is 2.24. The van der Waals surface area contributed by atoms with Gasteiger partial charge in [0.1, 0.15) is 11.6 Å². The molecule has 28 heavy (non-hydrogen) atoms. The Morgan fingerprint density at radius 3 is 2.07 bits per heavy atom. The van der Waals surface area contributed by atoms with Crippen LogP contribution in [0.15, 0.2) is 54.1 Å². The van der Waals surface area contributed by atoms with Crippen LogP contribution in [0.4, 0.5) is 18.9 Å². The molecule has 2 rings (SSSR count). The average Bonchev–Trinajstić information content (AvgIpc) is 2.65. The van der Waals surface area contributed by atoms with E-state index in [1.54, 1.807) is 20.2 Å². The summed E-state index contributed by atoms with van der Waals surface area (Å²) >= 11 is 0. The van der Waals surface area contributed by atoms with Gasteiger partial charge in [-0.25, -0.2) is 0 Å². The monoisotopic (exact) mass is 387 g/mol. The van der Waals surface area contributed by atoms with Crippen molar-refractivity contribution in [3.05, 3.63) is 70.8 Å². The van der Waals surface area contributed by atoms with Crippen LogP contribution in [0.5, 0.6) is 0 Å². The van der Waals surface area contributed by atoms with E-state index in [-0.39, 0.29) is 17.0 Å². The molecule has 0 saturated heterocycles. The van der Waals surface area contributed by atoms with Crippen LogP contribution < -0.4 is 5.32 Å². The Balaban J connectivity index is 2.14. The number of halogens is 3. The summed E-state index contributed by atoms with van der Waals surface area (Å²) in [5.74, 6) is -0.910. The highest BCUT2D eigenvalue weighted by Gasteiger charge is 2.29. The Labute approximate surface area is 159 Å². The zero-order valence-corrected chi connectivity index (χ0v) is 15.0. The second-order valence-corrected chi connectivity index (χ2v) is 6.02. The van der Waals surface area contributed by atoms with Crippen molar-refractivity contribution in [1.29, 1.82) is 5.26 Å². The van der Waals surface area contributed by atoms with E-state index in [0.29, 0.717) is 11.3 Å². The van der Waals surface area contributed by atoms with Crippen molar-refractivity contribution in [1.82, 2.24) is 4.90 Å². The molecule has 2 amide bonds. The zero-order chi connectivity index (χ0) is 20.9. The van der Waals surface area contributed by atoms with E-state index >= 15 is 0 Å². The lowest BCUT2D eigenvalue weighted by Gasteiger charge is -2.11. The molecular weight excluding hydrogens is 371 g/mol. The predicted molar refractivity (Wildman–Crippen MR) is 98.1 cm³/mol. The Kier molecular flexibility index (Phi) is 6.21. The van der Waals surface area contributed by atoms with Gasteiger partial charge in [-0.2, -0.15) is 18.4 Å². The van der Waals surface area contributed by atoms with Gasteiger partial charge in [0.05, 0.1) is 5.56 Å². The van der Waals surface area contributed by atoms with Gasteiger partial charge >= 0.3 is 6.18 Å². The van der Waals surface area contributed by atoms with Crippen molar-refractivity contribution in [2.45, 2.75) is 6.18 Å². The molecule has 0 atom stereocenters. The summed E-state index contributed by atoms with van der Waals surface area (Å²) in [5.41, 5.74) is -0.00233. The zero-order valence-electron chi connectivity index (χ0n) is 15.0. The van der Waals surface area contributed by atoms with Gasteiger partial charge in [-0.15, -0.1) is 0 Å². The fourth-order valence-corrected chi connectivity index (χ4v) is 2.24. The average molecular weight is 387 g/mol. The number of nitriles is 1. The largest absolute Gasteiger partial charge is 0.416 e. The molecule has 0 bridgehead atoms. The first-order valence-electron chi connectivity index (χ1n) is 8.04. The van der Waals surface area contributed by atoms with Crippen LogP contribution in [-0.2, 0) is 11.0 Å². The van der Waals surface area contributed by atoms with Crippen molar-refractivity contribution < 1.29 is 22.8 Å². The predicted octanol–water partition coefficient (Wildman–Crippen LogP) is 3.95. The standard InChI is InChI=1S/C20H16F3N3O2/c1-26(2)19(28)14-5-9-17(10-6-14)25-18(27)15(12-24)11-13-3-7-16(8-4-13)20(21,22)23/h3-11H,1-2H3,(H,25,27)/b15-11+. The number of carbonyl (C=O) groups excluding carboxylic acids is 2. The molecule has 5 nitrogen and oxygen atoms in total. The second kappa shape index (κ2) is 8.39. The van der Waals surface area contributed by atoms with Crippen molar-refractivity contribution in [2.24, 2.45) is 0 Å². The molecule has 0 saturated carbocycles. The van der Waals surface area contributed by atoms with Crippen LogP contribution >= 0.6 is 0 Å². The highest BCUT2D eigenvalue weighted by Crippen LogP contribution is 2.29. The van der Waals surface area contributed by atoms with E-state index in [1.807, 2.05) is 0 Å². The lowest BCUT2D eigenvalue weighted by molar-refractivity contribution is -0.137. The number of amides is 2. The minimum Gasteiger partial charge on any atom is -0.345 e. The molecule has 0 aliphatic heterocycles. The maximum atomic E-state index is 12.6. The summed E-state index contributed by atoms with van der Waals surface area (Å²) in [5, 5.41) is 11.7. The molecule has 1 N–H and O–H groups in total. The highest BCUT2D eigenvalue weighted by molar-refractivity contribution is 6.09. The minimum absolute atomic E-state index is 0.196. The molecular formula is C20H16F3N3O2. The molecule has 0 unspecified atom stereocenters. The van der Waals surface area contributed by atoms with Crippen LogP contribution in [0.3, 0.4) is 0 Å². The van der Waals surface area contributed by atoms with Crippen LogP contribution in [0.2, 0.25) is 0 Å². The maximum Gasteiger partial charge on any atom is 0.416 e. The van der Waals surface area contributed by atoms with Crippen LogP contribution in [0, 0.1) is 11.3 Å². The number of hydrogen-bond donors (Lipinski definition) is 1. The molecule has 2 aromatic carbocycles. The molecule has 0 spiro atoms. The summed E-state index contributed by atoms with van der Waals surface area (Å²) in [6.45, 7) is 0. The number of carbonyl (C=O) groups is 2. The summed E-state index contributed by atoms with van der Waals surface area (Å²) < 4.78 is 37.8. The molecule has 0 aromatic heterocycles. The van der Waals surface area contributed by atoms with Gasteiger partial charge in [0, 0.05) is 25.3 Å². The summed E-state index contributed by atoms with van der Waals surface area (Å²) in [7, 11) is 3.23. The summed E-state index contributed by atoms with van der Waals surface area (Å²) in [6, 6.07) is 11.9. The Morgan fingerprint density at radius 2 is 1.61 bits per heavy atom. The number of nitrogens with one attached hydrogen (secondary N) is 1. The summed E-state index contributed by atoms with van der Waals surface area (Å²) in [6.07, 6.45) is -3.27. The molecule has 0 heterocycles. The first-order chi connectivity index (χ1) is 13.1. The molecule has 0 aliphatic carbocycles. The number of alkyl halides is 3. The normalized spacial score (nSPS) is 11.5. The van der Waals surface area contributed by atoms with Crippen molar-refractivity contribution in [2.75, 3.05) is 19.4 Å². The van der Waals surface area contributed by atoms with Crippen molar-refractivity contribution in [3.8, 4) is 6.07 Å². The van der Waals surface area contributed by atoms with Crippen LogP contribution in [0.25, 0.3) is 6.08 Å². The van der Waals surface area contributed by atoms with Gasteiger partial charge in [-0.3, -0.25) is 9.59 Å². The first-order valence-corrected chi connectivity index (χ1v) is 8.04. The SMILES string of the molecule is CN(C)C(=O)c1ccc(NC(=O)/C(C#N)=C/c2ccc(C(F)(F)F)cc2)cc1. The molecule has 144 valence electrons. The van der Waals surface area contributed by atoms with E-state index in [4.69, 9.17) is 0 Å². The first kappa shape index (κ1) is 20.7. The molecule has 0 radical (unpaired) electrons. The van der Waals surface area contributed by atoms with Crippen molar-refractivity contribution >= 4 is 23.6 Å².